The summed E-state index contributed by atoms with van der Waals surface area (Å²) in [6.45, 7) is 0. The maximum absolute atomic E-state index is 5.31. The third-order valence-corrected chi connectivity index (χ3v) is 4.10. The topological polar surface area (TPSA) is 49.2 Å². The van der Waals surface area contributed by atoms with Crippen molar-refractivity contribution in [3.63, 3.8) is 0 Å². The summed E-state index contributed by atoms with van der Waals surface area (Å²) in [5.41, 5.74) is 1.94. The highest BCUT2D eigenvalue weighted by atomic mass is 32.2. The number of thioether (sulfide) groups is 1. The lowest BCUT2D eigenvalue weighted by atomic mass is 10.2. The summed E-state index contributed by atoms with van der Waals surface area (Å²) in [6.07, 6.45) is 1.99. The van der Waals surface area contributed by atoms with E-state index >= 15 is 0 Å². The molecule has 3 aromatic rings. The van der Waals surface area contributed by atoms with Crippen LogP contribution in [0, 0.1) is 0 Å². The third-order valence-electron chi connectivity index (χ3n) is 3.47. The van der Waals surface area contributed by atoms with Gasteiger partial charge in [-0.25, -0.2) is 0 Å². The summed E-state index contributed by atoms with van der Waals surface area (Å²) < 4.78 is 12.6. The molecule has 0 atom stereocenters. The van der Waals surface area contributed by atoms with E-state index in [1.807, 2.05) is 59.4 Å². The van der Waals surface area contributed by atoms with Crippen LogP contribution in [0.3, 0.4) is 0 Å². The fraction of sp³-hybridized carbons (Fsp3) is 0.176. The predicted molar refractivity (Wildman–Crippen MR) is 91.7 cm³/mol. The molecule has 0 bridgehead atoms. The number of hydrogen-bond acceptors (Lipinski definition) is 5. The number of rotatable bonds is 5. The molecule has 0 aliphatic carbocycles. The second kappa shape index (κ2) is 6.75. The lowest BCUT2D eigenvalue weighted by Crippen LogP contribution is -1.99. The number of nitrogens with zero attached hydrogens (tertiary/aromatic N) is 3. The Kier molecular flexibility index (Phi) is 4.52. The molecular formula is C17H17N3O2S. The van der Waals surface area contributed by atoms with Gasteiger partial charge in [0.1, 0.15) is 11.5 Å². The zero-order chi connectivity index (χ0) is 16.2. The summed E-state index contributed by atoms with van der Waals surface area (Å²) in [7, 11) is 3.31. The first-order valence-corrected chi connectivity index (χ1v) is 8.27. The van der Waals surface area contributed by atoms with Crippen molar-refractivity contribution in [3.05, 3.63) is 48.5 Å². The predicted octanol–water partition coefficient (Wildman–Crippen LogP) is 3.67. The molecule has 3 rings (SSSR count). The van der Waals surface area contributed by atoms with Crippen LogP contribution in [0.5, 0.6) is 11.5 Å². The van der Waals surface area contributed by atoms with E-state index in [0.717, 1.165) is 33.7 Å². The van der Waals surface area contributed by atoms with Crippen molar-refractivity contribution in [2.45, 2.75) is 5.16 Å². The van der Waals surface area contributed by atoms with Gasteiger partial charge in [0, 0.05) is 11.3 Å². The quantitative estimate of drug-likeness (QED) is 0.669. The van der Waals surface area contributed by atoms with Gasteiger partial charge in [0.15, 0.2) is 11.0 Å². The highest BCUT2D eigenvalue weighted by molar-refractivity contribution is 7.98. The van der Waals surface area contributed by atoms with Crippen LogP contribution in [-0.4, -0.2) is 35.2 Å². The van der Waals surface area contributed by atoms with Crippen LogP contribution >= 0.6 is 11.8 Å². The van der Waals surface area contributed by atoms with Gasteiger partial charge in [-0.2, -0.15) is 0 Å². The lowest BCUT2D eigenvalue weighted by molar-refractivity contribution is 0.414. The van der Waals surface area contributed by atoms with Crippen molar-refractivity contribution < 1.29 is 9.47 Å². The fourth-order valence-corrected chi connectivity index (χ4v) is 2.81. The number of ether oxygens (including phenoxy) is 2. The SMILES string of the molecule is COc1ccc(-n2c(SC)nnc2-c2cccc(OC)c2)cc1. The maximum atomic E-state index is 5.31. The van der Waals surface area contributed by atoms with Crippen LogP contribution in [0.15, 0.2) is 53.7 Å². The molecule has 6 heteroatoms. The molecule has 0 N–H and O–H groups in total. The molecule has 23 heavy (non-hydrogen) atoms. The molecule has 0 radical (unpaired) electrons. The molecule has 0 unspecified atom stereocenters. The van der Waals surface area contributed by atoms with Crippen LogP contribution in [0.25, 0.3) is 17.1 Å². The molecular weight excluding hydrogens is 310 g/mol. The average molecular weight is 327 g/mol. The van der Waals surface area contributed by atoms with Gasteiger partial charge in [-0.3, -0.25) is 4.57 Å². The summed E-state index contributed by atoms with van der Waals surface area (Å²) in [5.74, 6) is 2.38. The lowest BCUT2D eigenvalue weighted by Gasteiger charge is -2.11. The Bertz CT molecular complexity index is 800. The van der Waals surface area contributed by atoms with Gasteiger partial charge in [0.05, 0.1) is 14.2 Å². The molecule has 118 valence electrons. The van der Waals surface area contributed by atoms with E-state index in [1.54, 1.807) is 26.0 Å². The Labute approximate surface area is 139 Å². The van der Waals surface area contributed by atoms with Gasteiger partial charge < -0.3 is 9.47 Å². The van der Waals surface area contributed by atoms with Crippen molar-refractivity contribution in [2.75, 3.05) is 20.5 Å². The van der Waals surface area contributed by atoms with Crippen LogP contribution in [0.2, 0.25) is 0 Å². The van der Waals surface area contributed by atoms with Gasteiger partial charge >= 0.3 is 0 Å². The highest BCUT2D eigenvalue weighted by Crippen LogP contribution is 2.29. The standard InChI is InChI=1S/C17H17N3O2S/c1-21-14-9-7-13(8-10-14)20-16(18-19-17(20)23-3)12-5-4-6-15(11-12)22-2/h4-11H,1-3H3. The van der Waals surface area contributed by atoms with Gasteiger partial charge in [0.25, 0.3) is 0 Å². The van der Waals surface area contributed by atoms with E-state index in [1.165, 1.54) is 0 Å². The zero-order valence-electron chi connectivity index (χ0n) is 13.2. The first-order chi connectivity index (χ1) is 11.3. The summed E-state index contributed by atoms with van der Waals surface area (Å²) in [4.78, 5) is 0. The van der Waals surface area contributed by atoms with Crippen LogP contribution < -0.4 is 9.47 Å². The Balaban J connectivity index is 2.12. The maximum Gasteiger partial charge on any atom is 0.195 e. The minimum Gasteiger partial charge on any atom is -0.497 e. The van der Waals surface area contributed by atoms with Crippen molar-refractivity contribution >= 4 is 11.8 Å². The van der Waals surface area contributed by atoms with Gasteiger partial charge in [-0.1, -0.05) is 23.9 Å². The minimum atomic E-state index is 0.776. The van der Waals surface area contributed by atoms with Crippen molar-refractivity contribution in [1.29, 1.82) is 0 Å². The fourth-order valence-electron chi connectivity index (χ4n) is 2.32. The summed E-state index contributed by atoms with van der Waals surface area (Å²) >= 11 is 1.55. The Hall–Kier alpha value is -2.47. The van der Waals surface area contributed by atoms with E-state index in [9.17, 15) is 0 Å². The molecule has 0 aliphatic heterocycles. The molecule has 5 nitrogen and oxygen atoms in total. The van der Waals surface area contributed by atoms with E-state index in [4.69, 9.17) is 9.47 Å². The zero-order valence-corrected chi connectivity index (χ0v) is 14.0. The minimum absolute atomic E-state index is 0.776. The van der Waals surface area contributed by atoms with Crippen LogP contribution in [-0.2, 0) is 0 Å². The smallest absolute Gasteiger partial charge is 0.195 e. The molecule has 0 aliphatic rings. The number of hydrogen-bond donors (Lipinski definition) is 0. The first kappa shape index (κ1) is 15.4. The average Bonchev–Trinajstić information content (AvgIpc) is 3.06. The Morgan fingerprint density at radius 3 is 2.30 bits per heavy atom. The highest BCUT2D eigenvalue weighted by Gasteiger charge is 2.15. The van der Waals surface area contributed by atoms with E-state index < -0.39 is 0 Å². The monoisotopic (exact) mass is 327 g/mol. The normalized spacial score (nSPS) is 10.6. The Morgan fingerprint density at radius 1 is 0.913 bits per heavy atom. The van der Waals surface area contributed by atoms with Gasteiger partial charge in [0.2, 0.25) is 0 Å². The molecule has 1 heterocycles. The van der Waals surface area contributed by atoms with Crippen LogP contribution in [0.1, 0.15) is 0 Å². The molecule has 0 saturated heterocycles. The Morgan fingerprint density at radius 2 is 1.65 bits per heavy atom. The van der Waals surface area contributed by atoms with Gasteiger partial charge in [-0.05, 0) is 42.7 Å². The molecule has 0 saturated carbocycles. The second-order valence-corrected chi connectivity index (χ2v) is 5.55. The largest absolute Gasteiger partial charge is 0.497 e. The molecule has 2 aromatic carbocycles. The first-order valence-electron chi connectivity index (χ1n) is 7.05. The van der Waals surface area contributed by atoms with Crippen molar-refractivity contribution in [1.82, 2.24) is 14.8 Å². The van der Waals surface area contributed by atoms with Crippen molar-refractivity contribution in [2.24, 2.45) is 0 Å². The summed E-state index contributed by atoms with van der Waals surface area (Å²) in [6, 6.07) is 15.6. The number of aromatic nitrogens is 3. The van der Waals surface area contributed by atoms with E-state index in [2.05, 4.69) is 10.2 Å². The molecule has 0 fully saturated rings. The van der Waals surface area contributed by atoms with Gasteiger partial charge in [-0.15, -0.1) is 10.2 Å². The molecule has 1 aromatic heterocycles. The number of methoxy groups -OCH3 is 2. The second-order valence-electron chi connectivity index (χ2n) is 4.78. The van der Waals surface area contributed by atoms with Crippen molar-refractivity contribution in [3.8, 4) is 28.6 Å². The number of benzene rings is 2. The summed E-state index contributed by atoms with van der Waals surface area (Å²) in [5, 5.41) is 9.47. The van der Waals surface area contributed by atoms with E-state index in [-0.39, 0.29) is 0 Å². The molecule has 0 amide bonds. The van der Waals surface area contributed by atoms with Crippen LogP contribution in [0.4, 0.5) is 0 Å². The molecule has 0 spiro atoms. The van der Waals surface area contributed by atoms with E-state index in [0.29, 0.717) is 0 Å². The third kappa shape index (κ3) is 3.03.